The van der Waals surface area contributed by atoms with Crippen LogP contribution in [0.3, 0.4) is 0 Å². The smallest absolute Gasteiger partial charge is 0.326 e. The molecule has 5 unspecified atom stereocenters. The first-order valence-corrected chi connectivity index (χ1v) is 15.9. The molecule has 0 radical (unpaired) electrons. The van der Waals surface area contributed by atoms with Crippen molar-refractivity contribution in [1.82, 2.24) is 21.3 Å². The standard InChI is InChI=1S/C34H50N6O7/c1-20(2)28(40-33(45)29(21(3)4)39-30(42)25(36)18-23-13-15-24(41)16-14-23)32(44)38-27(19-22-10-6-5-7-11-22)31(43)37-26(34(46)47)12-8-9-17-35/h5-7,10-11,13-16,20-21,25-29,41H,8-9,12,17-19,35-36H2,1-4H3,(H,37,43)(H,38,44)(H,39,42)(H,40,45)(H,46,47). The fraction of sp³-hybridized carbons (Fsp3) is 0.500. The number of carboxylic acid groups (broad SMARTS) is 1. The molecule has 0 aliphatic heterocycles. The normalized spacial score (nSPS) is 14.4. The summed E-state index contributed by atoms with van der Waals surface area (Å²) in [5, 5.41) is 29.9. The highest BCUT2D eigenvalue weighted by molar-refractivity contribution is 5.95. The van der Waals surface area contributed by atoms with Gasteiger partial charge in [0.1, 0.15) is 29.9 Å². The van der Waals surface area contributed by atoms with Gasteiger partial charge >= 0.3 is 5.97 Å². The van der Waals surface area contributed by atoms with Gasteiger partial charge in [-0.3, -0.25) is 19.2 Å². The first-order chi connectivity index (χ1) is 22.2. The molecule has 13 heteroatoms. The lowest BCUT2D eigenvalue weighted by Crippen LogP contribution is -2.60. The molecule has 0 aromatic heterocycles. The van der Waals surface area contributed by atoms with Crippen LogP contribution in [0.5, 0.6) is 5.75 Å². The third-order valence-corrected chi connectivity index (χ3v) is 7.70. The van der Waals surface area contributed by atoms with E-state index in [0.717, 1.165) is 11.1 Å². The number of nitrogens with two attached hydrogens (primary N) is 2. The lowest BCUT2D eigenvalue weighted by Gasteiger charge is -2.29. The molecule has 0 spiro atoms. The quantitative estimate of drug-likeness (QED) is 0.101. The van der Waals surface area contributed by atoms with Crippen molar-refractivity contribution in [3.63, 3.8) is 0 Å². The number of benzene rings is 2. The Bertz CT molecular complexity index is 1320. The lowest BCUT2D eigenvalue weighted by molar-refractivity contribution is -0.142. The first kappa shape index (κ1) is 38.7. The highest BCUT2D eigenvalue weighted by atomic mass is 16.4. The molecule has 2 aromatic carbocycles. The van der Waals surface area contributed by atoms with Crippen LogP contribution in [-0.2, 0) is 36.8 Å². The van der Waals surface area contributed by atoms with E-state index in [9.17, 15) is 34.2 Å². The van der Waals surface area contributed by atoms with Gasteiger partial charge in [0.2, 0.25) is 23.6 Å². The average molecular weight is 655 g/mol. The molecule has 0 fully saturated rings. The Kier molecular flexibility index (Phi) is 15.8. The van der Waals surface area contributed by atoms with Gasteiger partial charge in [0.25, 0.3) is 0 Å². The highest BCUT2D eigenvalue weighted by Gasteiger charge is 2.34. The summed E-state index contributed by atoms with van der Waals surface area (Å²) in [5.41, 5.74) is 13.1. The zero-order chi connectivity index (χ0) is 35.1. The van der Waals surface area contributed by atoms with E-state index in [1.54, 1.807) is 64.1 Å². The Labute approximate surface area is 276 Å². The second-order valence-electron chi connectivity index (χ2n) is 12.4. The van der Waals surface area contributed by atoms with Gasteiger partial charge in [0.05, 0.1) is 6.04 Å². The number of phenolic OH excluding ortho intramolecular Hbond substituents is 1. The van der Waals surface area contributed by atoms with Crippen LogP contribution in [0.4, 0.5) is 0 Å². The van der Waals surface area contributed by atoms with E-state index >= 15 is 0 Å². The number of hydrogen-bond acceptors (Lipinski definition) is 8. The monoisotopic (exact) mass is 654 g/mol. The summed E-state index contributed by atoms with van der Waals surface area (Å²) in [6.07, 6.45) is 1.53. The fourth-order valence-corrected chi connectivity index (χ4v) is 4.89. The number of carbonyl (C=O) groups excluding carboxylic acids is 4. The summed E-state index contributed by atoms with van der Waals surface area (Å²) in [6.45, 7) is 7.33. The van der Waals surface area contributed by atoms with Crippen molar-refractivity contribution < 1.29 is 34.2 Å². The molecular weight excluding hydrogens is 604 g/mol. The number of amides is 4. The van der Waals surface area contributed by atoms with Gasteiger partial charge in [-0.1, -0.05) is 70.2 Å². The third-order valence-electron chi connectivity index (χ3n) is 7.70. The number of aliphatic carboxylic acids is 1. The Balaban J connectivity index is 2.19. The van der Waals surface area contributed by atoms with E-state index in [-0.39, 0.29) is 30.9 Å². The molecular formula is C34H50N6O7. The van der Waals surface area contributed by atoms with Crippen LogP contribution in [0.2, 0.25) is 0 Å². The van der Waals surface area contributed by atoms with Gasteiger partial charge in [-0.2, -0.15) is 0 Å². The largest absolute Gasteiger partial charge is 0.508 e. The van der Waals surface area contributed by atoms with Gasteiger partial charge in [-0.05, 0) is 67.3 Å². The van der Waals surface area contributed by atoms with Gasteiger partial charge < -0.3 is 42.9 Å². The maximum absolute atomic E-state index is 13.6. The molecule has 0 heterocycles. The van der Waals surface area contributed by atoms with Crippen molar-refractivity contribution in [1.29, 1.82) is 0 Å². The van der Waals surface area contributed by atoms with Crippen LogP contribution in [0, 0.1) is 11.8 Å². The second-order valence-corrected chi connectivity index (χ2v) is 12.4. The Morgan fingerprint density at radius 2 is 1.17 bits per heavy atom. The molecule has 13 nitrogen and oxygen atoms in total. The highest BCUT2D eigenvalue weighted by Crippen LogP contribution is 2.13. The summed E-state index contributed by atoms with van der Waals surface area (Å²) in [6, 6.07) is 9.84. The molecule has 10 N–H and O–H groups in total. The number of hydrogen-bond donors (Lipinski definition) is 8. The Morgan fingerprint density at radius 3 is 1.70 bits per heavy atom. The molecule has 0 saturated carbocycles. The molecule has 5 atom stereocenters. The summed E-state index contributed by atoms with van der Waals surface area (Å²) in [4.78, 5) is 65.4. The van der Waals surface area contributed by atoms with Crippen molar-refractivity contribution in [3.8, 4) is 5.75 Å². The maximum atomic E-state index is 13.6. The second kappa shape index (κ2) is 19.2. The number of phenols is 1. The minimum atomic E-state index is -1.20. The zero-order valence-electron chi connectivity index (χ0n) is 27.6. The SMILES string of the molecule is CC(C)C(NC(=O)C(N)Cc1ccc(O)cc1)C(=O)NC(C(=O)NC(Cc1ccccc1)C(=O)NC(CCCCN)C(=O)O)C(C)C. The molecule has 2 rings (SSSR count). The minimum Gasteiger partial charge on any atom is -0.508 e. The van der Waals surface area contributed by atoms with E-state index in [4.69, 9.17) is 11.5 Å². The van der Waals surface area contributed by atoms with Crippen LogP contribution in [0.1, 0.15) is 58.1 Å². The van der Waals surface area contributed by atoms with Crippen LogP contribution >= 0.6 is 0 Å². The predicted molar refractivity (Wildman–Crippen MR) is 178 cm³/mol. The molecule has 4 amide bonds. The zero-order valence-corrected chi connectivity index (χ0v) is 27.6. The average Bonchev–Trinajstić information content (AvgIpc) is 3.02. The van der Waals surface area contributed by atoms with Crippen molar-refractivity contribution in [2.24, 2.45) is 23.3 Å². The lowest BCUT2D eigenvalue weighted by atomic mass is 9.98. The van der Waals surface area contributed by atoms with Gasteiger partial charge in [0.15, 0.2) is 0 Å². The van der Waals surface area contributed by atoms with Crippen LogP contribution in [-0.4, -0.2) is 76.6 Å². The van der Waals surface area contributed by atoms with Crippen LogP contribution < -0.4 is 32.7 Å². The van der Waals surface area contributed by atoms with Crippen molar-refractivity contribution in [3.05, 3.63) is 65.7 Å². The Morgan fingerprint density at radius 1 is 0.660 bits per heavy atom. The van der Waals surface area contributed by atoms with Crippen molar-refractivity contribution >= 4 is 29.6 Å². The Hall–Kier alpha value is -4.49. The number of carboxylic acids is 1. The number of carbonyl (C=O) groups is 5. The van der Waals surface area contributed by atoms with Crippen LogP contribution in [0.25, 0.3) is 0 Å². The molecule has 2 aromatic rings. The molecule has 0 saturated heterocycles. The third kappa shape index (κ3) is 13.0. The van der Waals surface area contributed by atoms with Crippen LogP contribution in [0.15, 0.2) is 54.6 Å². The van der Waals surface area contributed by atoms with E-state index in [1.807, 2.05) is 6.07 Å². The van der Waals surface area contributed by atoms with E-state index in [2.05, 4.69) is 21.3 Å². The van der Waals surface area contributed by atoms with Gasteiger partial charge in [0, 0.05) is 6.42 Å². The molecule has 0 aliphatic rings. The molecule has 258 valence electrons. The minimum absolute atomic E-state index is 0.0793. The van der Waals surface area contributed by atoms with E-state index in [0.29, 0.717) is 19.4 Å². The number of rotatable bonds is 19. The van der Waals surface area contributed by atoms with E-state index < -0.39 is 65.7 Å². The van der Waals surface area contributed by atoms with E-state index in [1.165, 1.54) is 12.1 Å². The van der Waals surface area contributed by atoms with Gasteiger partial charge in [-0.25, -0.2) is 4.79 Å². The maximum Gasteiger partial charge on any atom is 0.326 e. The molecule has 0 aliphatic carbocycles. The van der Waals surface area contributed by atoms with Gasteiger partial charge in [-0.15, -0.1) is 0 Å². The van der Waals surface area contributed by atoms with Crippen molar-refractivity contribution in [2.75, 3.05) is 6.54 Å². The summed E-state index contributed by atoms with van der Waals surface area (Å²) < 4.78 is 0. The topological polar surface area (TPSA) is 226 Å². The predicted octanol–water partition coefficient (Wildman–Crippen LogP) is 0.970. The number of aromatic hydroxyl groups is 1. The molecule has 0 bridgehead atoms. The van der Waals surface area contributed by atoms with Crippen molar-refractivity contribution in [2.45, 2.75) is 90.0 Å². The summed E-state index contributed by atoms with van der Waals surface area (Å²) >= 11 is 0. The first-order valence-electron chi connectivity index (χ1n) is 15.9. The summed E-state index contributed by atoms with van der Waals surface area (Å²) in [5.74, 6) is -4.37. The molecule has 47 heavy (non-hydrogen) atoms. The number of unbranched alkanes of at least 4 members (excludes halogenated alkanes) is 1. The summed E-state index contributed by atoms with van der Waals surface area (Å²) in [7, 11) is 0. The fourth-order valence-electron chi connectivity index (χ4n) is 4.89. The number of nitrogens with one attached hydrogen (secondary N) is 4.